The summed E-state index contributed by atoms with van der Waals surface area (Å²) in [7, 11) is 0. The monoisotopic (exact) mass is 521 g/mol. The molecule has 37 heavy (non-hydrogen) atoms. The van der Waals surface area contributed by atoms with Gasteiger partial charge in [0.1, 0.15) is 16.9 Å². The van der Waals surface area contributed by atoms with Gasteiger partial charge in [-0.2, -0.15) is 18.3 Å². The fourth-order valence-corrected chi connectivity index (χ4v) is 4.05. The maximum Gasteiger partial charge on any atom is 0.490 e. The normalized spacial score (nSPS) is 14.3. The molecule has 9 nitrogen and oxygen atoms in total. The molecule has 0 spiro atoms. The minimum Gasteiger partial charge on any atom is -0.475 e. The minimum atomic E-state index is -5.08. The lowest BCUT2D eigenvalue weighted by molar-refractivity contribution is -0.192. The predicted octanol–water partition coefficient (Wildman–Crippen LogP) is 3.57. The van der Waals surface area contributed by atoms with Crippen LogP contribution in [0.4, 0.5) is 13.2 Å². The van der Waals surface area contributed by atoms with Crippen molar-refractivity contribution in [1.82, 2.24) is 25.2 Å². The van der Waals surface area contributed by atoms with Crippen molar-refractivity contribution < 1.29 is 27.9 Å². The second kappa shape index (κ2) is 12.0. The van der Waals surface area contributed by atoms with Crippen molar-refractivity contribution in [3.63, 3.8) is 0 Å². The molecule has 1 saturated heterocycles. The van der Waals surface area contributed by atoms with Gasteiger partial charge in [0.15, 0.2) is 0 Å². The molecule has 4 rings (SSSR count). The molecule has 3 aromatic rings. The van der Waals surface area contributed by atoms with Crippen LogP contribution in [0.5, 0.6) is 0 Å². The zero-order chi connectivity index (χ0) is 27.2. The number of aromatic amines is 1. The number of carbonyl (C=O) groups is 2. The molecule has 2 aromatic heterocycles. The highest BCUT2D eigenvalue weighted by atomic mass is 19.4. The van der Waals surface area contributed by atoms with E-state index in [9.17, 15) is 22.8 Å². The molecule has 0 bridgehead atoms. The standard InChI is InChI=1S/C23H29N5O2.C2HF3O2/c1-15(2)8-13-25-23(30)20-21(17-6-4-3-5-7-17)27-28-18(14-19(29)26-22(20)28)16-9-11-24-12-10-16;3-2(4,5)1(6)7/h3-7,14-16,24H,8-13H2,1-2H3,(H,25,30)(H,26,29);(H,6,7). The number of amides is 1. The Balaban J connectivity index is 0.000000479. The van der Waals surface area contributed by atoms with Crippen LogP contribution in [0.15, 0.2) is 41.2 Å². The smallest absolute Gasteiger partial charge is 0.475 e. The lowest BCUT2D eigenvalue weighted by Crippen LogP contribution is -2.29. The number of piperidine rings is 1. The van der Waals surface area contributed by atoms with Crippen molar-refractivity contribution in [2.24, 2.45) is 5.92 Å². The third kappa shape index (κ3) is 7.19. The number of H-pyrrole nitrogens is 1. The summed E-state index contributed by atoms with van der Waals surface area (Å²) in [6.45, 7) is 6.66. The number of rotatable bonds is 6. The van der Waals surface area contributed by atoms with Crippen molar-refractivity contribution in [2.75, 3.05) is 19.6 Å². The number of nitrogens with zero attached hydrogens (tertiary/aromatic N) is 2. The van der Waals surface area contributed by atoms with Gasteiger partial charge in [0.05, 0.1) is 5.69 Å². The van der Waals surface area contributed by atoms with E-state index in [1.165, 1.54) is 0 Å². The third-order valence-electron chi connectivity index (χ3n) is 5.93. The van der Waals surface area contributed by atoms with E-state index in [1.807, 2.05) is 30.3 Å². The Hall–Kier alpha value is -3.67. The molecule has 3 heterocycles. The molecule has 0 unspecified atom stereocenters. The van der Waals surface area contributed by atoms with Crippen molar-refractivity contribution in [1.29, 1.82) is 0 Å². The number of carboxylic acid groups (broad SMARTS) is 1. The molecule has 0 saturated carbocycles. The summed E-state index contributed by atoms with van der Waals surface area (Å²) < 4.78 is 33.5. The number of aromatic nitrogens is 3. The number of aliphatic carboxylic acids is 1. The number of hydrogen-bond acceptors (Lipinski definition) is 5. The number of halogens is 3. The lowest BCUT2D eigenvalue weighted by Gasteiger charge is -2.23. The molecular weight excluding hydrogens is 491 g/mol. The minimum absolute atomic E-state index is 0.202. The van der Waals surface area contributed by atoms with Crippen molar-refractivity contribution in [3.05, 3.63) is 58.0 Å². The summed E-state index contributed by atoms with van der Waals surface area (Å²) in [5.74, 6) is -2.24. The van der Waals surface area contributed by atoms with Crippen LogP contribution in [0.1, 0.15) is 55.1 Å². The van der Waals surface area contributed by atoms with Gasteiger partial charge in [-0.25, -0.2) is 9.31 Å². The number of nitrogens with one attached hydrogen (secondary N) is 3. The average Bonchev–Trinajstić information content (AvgIpc) is 3.23. The summed E-state index contributed by atoms with van der Waals surface area (Å²) >= 11 is 0. The number of carbonyl (C=O) groups excluding carboxylic acids is 1. The molecule has 0 atom stereocenters. The molecule has 12 heteroatoms. The zero-order valence-corrected chi connectivity index (χ0v) is 20.6. The van der Waals surface area contributed by atoms with Crippen molar-refractivity contribution >= 4 is 17.5 Å². The van der Waals surface area contributed by atoms with E-state index < -0.39 is 12.1 Å². The summed E-state index contributed by atoms with van der Waals surface area (Å²) in [5, 5.41) is 18.3. The first-order valence-electron chi connectivity index (χ1n) is 12.0. The van der Waals surface area contributed by atoms with Gasteiger partial charge in [0.2, 0.25) is 0 Å². The van der Waals surface area contributed by atoms with E-state index in [4.69, 9.17) is 15.0 Å². The molecule has 0 radical (unpaired) electrons. The maximum absolute atomic E-state index is 13.2. The Bertz CT molecular complexity index is 1280. The molecule has 1 aliphatic heterocycles. The van der Waals surface area contributed by atoms with Gasteiger partial charge in [-0.05, 0) is 38.3 Å². The molecule has 1 amide bonds. The highest BCUT2D eigenvalue weighted by Crippen LogP contribution is 2.29. The lowest BCUT2D eigenvalue weighted by atomic mass is 9.94. The maximum atomic E-state index is 13.2. The Morgan fingerprint density at radius 3 is 2.38 bits per heavy atom. The van der Waals surface area contributed by atoms with E-state index in [0.717, 1.165) is 43.6 Å². The summed E-state index contributed by atoms with van der Waals surface area (Å²) in [6, 6.07) is 11.3. The van der Waals surface area contributed by atoms with E-state index in [1.54, 1.807) is 10.6 Å². The van der Waals surface area contributed by atoms with Gasteiger partial charge in [0.25, 0.3) is 11.5 Å². The molecular formula is C25H30F3N5O4. The van der Waals surface area contributed by atoms with Crippen molar-refractivity contribution in [3.8, 4) is 11.3 Å². The van der Waals surface area contributed by atoms with Crippen LogP contribution in [-0.2, 0) is 4.79 Å². The van der Waals surface area contributed by atoms with Gasteiger partial charge in [-0.15, -0.1) is 0 Å². The largest absolute Gasteiger partial charge is 0.490 e. The SMILES string of the molecule is CC(C)CCNC(=O)c1c(-c2ccccc2)nn2c(C3CCNCC3)cc(=O)[nH]c12.O=C(O)C(F)(F)F. The van der Waals surface area contributed by atoms with Crippen LogP contribution in [0.25, 0.3) is 16.9 Å². The van der Waals surface area contributed by atoms with Crippen LogP contribution in [0, 0.1) is 5.92 Å². The number of benzene rings is 1. The zero-order valence-electron chi connectivity index (χ0n) is 20.6. The van der Waals surface area contributed by atoms with Crippen LogP contribution >= 0.6 is 0 Å². The predicted molar refractivity (Wildman–Crippen MR) is 132 cm³/mol. The first kappa shape index (κ1) is 27.9. The van der Waals surface area contributed by atoms with Crippen LogP contribution in [-0.4, -0.2) is 57.4 Å². The number of hydrogen-bond donors (Lipinski definition) is 4. The second-order valence-corrected chi connectivity index (χ2v) is 9.17. The molecule has 1 fully saturated rings. The Morgan fingerprint density at radius 1 is 1.19 bits per heavy atom. The van der Waals surface area contributed by atoms with Crippen LogP contribution in [0.3, 0.4) is 0 Å². The van der Waals surface area contributed by atoms with E-state index in [-0.39, 0.29) is 17.4 Å². The van der Waals surface area contributed by atoms with Gasteiger partial charge in [-0.1, -0.05) is 44.2 Å². The quantitative estimate of drug-likeness (QED) is 0.393. The first-order chi connectivity index (χ1) is 17.5. The molecule has 0 aliphatic carbocycles. The summed E-state index contributed by atoms with van der Waals surface area (Å²) in [4.78, 5) is 37.5. The van der Waals surface area contributed by atoms with Gasteiger partial charge in [-0.3, -0.25) is 9.59 Å². The Labute approximate surface area is 211 Å². The third-order valence-corrected chi connectivity index (χ3v) is 5.93. The number of fused-ring (bicyclic) bond motifs is 1. The molecule has 1 aromatic carbocycles. The Kier molecular flexibility index (Phi) is 9.09. The van der Waals surface area contributed by atoms with E-state index in [0.29, 0.717) is 29.4 Å². The van der Waals surface area contributed by atoms with E-state index in [2.05, 4.69) is 29.5 Å². The molecule has 4 N–H and O–H groups in total. The van der Waals surface area contributed by atoms with Crippen molar-refractivity contribution in [2.45, 2.75) is 45.2 Å². The summed E-state index contributed by atoms with van der Waals surface area (Å²) in [6.07, 6.45) is -2.31. The second-order valence-electron chi connectivity index (χ2n) is 9.17. The average molecular weight is 522 g/mol. The van der Waals surface area contributed by atoms with E-state index >= 15 is 0 Å². The van der Waals surface area contributed by atoms with Gasteiger partial charge in [0, 0.05) is 24.1 Å². The summed E-state index contributed by atoms with van der Waals surface area (Å²) in [5.41, 5.74) is 3.01. The molecule has 1 aliphatic rings. The first-order valence-corrected chi connectivity index (χ1v) is 12.0. The fraction of sp³-hybridized carbons (Fsp3) is 0.440. The Morgan fingerprint density at radius 2 is 1.81 bits per heavy atom. The number of carboxylic acids is 1. The highest BCUT2D eigenvalue weighted by Gasteiger charge is 2.38. The fourth-order valence-electron chi connectivity index (χ4n) is 4.05. The highest BCUT2D eigenvalue weighted by molar-refractivity contribution is 6.05. The topological polar surface area (TPSA) is 129 Å². The van der Waals surface area contributed by atoms with Gasteiger partial charge >= 0.3 is 12.1 Å². The number of alkyl halides is 3. The van der Waals surface area contributed by atoms with Crippen LogP contribution < -0.4 is 16.2 Å². The van der Waals surface area contributed by atoms with Gasteiger partial charge < -0.3 is 20.7 Å². The molecule has 200 valence electrons. The van der Waals surface area contributed by atoms with Crippen LogP contribution in [0.2, 0.25) is 0 Å².